The predicted octanol–water partition coefficient (Wildman–Crippen LogP) is 0.487. The third kappa shape index (κ3) is 2.95. The van der Waals surface area contributed by atoms with Gasteiger partial charge in [-0.05, 0) is 12.3 Å². The average molecular weight is 184 g/mol. The van der Waals surface area contributed by atoms with Crippen LogP contribution in [0.2, 0.25) is 0 Å². The number of aliphatic hydroxyl groups is 2. The van der Waals surface area contributed by atoms with Crippen LogP contribution in [0.1, 0.15) is 6.42 Å². The van der Waals surface area contributed by atoms with Crippen molar-refractivity contribution in [3.8, 4) is 0 Å². The number of ether oxygens (including phenoxy) is 1. The van der Waals surface area contributed by atoms with Crippen LogP contribution in [-0.4, -0.2) is 36.1 Å². The first-order chi connectivity index (χ1) is 6.27. The quantitative estimate of drug-likeness (QED) is 0.627. The molecule has 1 aliphatic rings. The van der Waals surface area contributed by atoms with Crippen LogP contribution in [0.25, 0.3) is 0 Å². The Bertz CT molecular complexity index is 198. The molecule has 0 aromatic rings. The summed E-state index contributed by atoms with van der Waals surface area (Å²) in [4.78, 5) is 0. The van der Waals surface area contributed by atoms with Crippen LogP contribution < -0.4 is 0 Å². The zero-order chi connectivity index (χ0) is 9.68. The topological polar surface area (TPSA) is 49.7 Å². The van der Waals surface area contributed by atoms with E-state index in [9.17, 15) is 5.11 Å². The van der Waals surface area contributed by atoms with Crippen molar-refractivity contribution in [2.75, 3.05) is 13.7 Å². The zero-order valence-corrected chi connectivity index (χ0v) is 7.76. The first-order valence-electron chi connectivity index (χ1n) is 4.44. The van der Waals surface area contributed by atoms with E-state index in [1.54, 1.807) is 19.3 Å². The summed E-state index contributed by atoms with van der Waals surface area (Å²) < 4.78 is 5.12. The second-order valence-electron chi connectivity index (χ2n) is 3.16. The van der Waals surface area contributed by atoms with Crippen molar-refractivity contribution in [3.05, 3.63) is 24.3 Å². The van der Waals surface area contributed by atoms with E-state index in [2.05, 4.69) is 0 Å². The molecule has 0 amide bonds. The molecule has 3 nitrogen and oxygen atoms in total. The van der Waals surface area contributed by atoms with Crippen LogP contribution in [0.3, 0.4) is 0 Å². The van der Waals surface area contributed by atoms with Crippen molar-refractivity contribution >= 4 is 0 Å². The molecule has 3 atom stereocenters. The summed E-state index contributed by atoms with van der Waals surface area (Å²) in [6.07, 6.45) is 7.46. The van der Waals surface area contributed by atoms with Gasteiger partial charge >= 0.3 is 0 Å². The summed E-state index contributed by atoms with van der Waals surface area (Å²) >= 11 is 0. The minimum Gasteiger partial charge on any atom is -0.392 e. The van der Waals surface area contributed by atoms with Crippen LogP contribution >= 0.6 is 0 Å². The molecule has 0 fully saturated rings. The Morgan fingerprint density at radius 1 is 1.54 bits per heavy atom. The van der Waals surface area contributed by atoms with Crippen molar-refractivity contribution < 1.29 is 14.9 Å². The normalized spacial score (nSPS) is 34.2. The maximum atomic E-state index is 9.43. The Hall–Kier alpha value is -0.640. The molecule has 0 bridgehead atoms. The third-order valence-corrected chi connectivity index (χ3v) is 2.23. The number of allylic oxidation sites excluding steroid dienone is 2. The van der Waals surface area contributed by atoms with Gasteiger partial charge in [-0.3, -0.25) is 0 Å². The Labute approximate surface area is 78.3 Å². The molecule has 13 heavy (non-hydrogen) atoms. The van der Waals surface area contributed by atoms with E-state index in [0.29, 0.717) is 0 Å². The lowest BCUT2D eigenvalue weighted by Gasteiger charge is -2.25. The van der Waals surface area contributed by atoms with Crippen molar-refractivity contribution in [1.82, 2.24) is 0 Å². The van der Waals surface area contributed by atoms with E-state index in [-0.39, 0.29) is 18.6 Å². The highest BCUT2D eigenvalue weighted by atomic mass is 16.5. The minimum absolute atomic E-state index is 0.0601. The van der Waals surface area contributed by atoms with Gasteiger partial charge in [0.2, 0.25) is 0 Å². The van der Waals surface area contributed by atoms with Crippen molar-refractivity contribution in [1.29, 1.82) is 0 Å². The highest BCUT2D eigenvalue weighted by Gasteiger charge is 2.22. The fraction of sp³-hybridized carbons (Fsp3) is 0.600. The molecule has 0 aliphatic heterocycles. The summed E-state index contributed by atoms with van der Waals surface area (Å²) in [5.41, 5.74) is 0. The molecule has 0 saturated carbocycles. The largest absolute Gasteiger partial charge is 0.392 e. The van der Waals surface area contributed by atoms with E-state index >= 15 is 0 Å². The predicted molar refractivity (Wildman–Crippen MR) is 50.3 cm³/mol. The second-order valence-corrected chi connectivity index (χ2v) is 3.16. The molecular formula is C10H16O3. The molecule has 3 heteroatoms. The van der Waals surface area contributed by atoms with Gasteiger partial charge in [0.25, 0.3) is 0 Å². The van der Waals surface area contributed by atoms with E-state index in [1.807, 2.05) is 12.2 Å². The number of aliphatic hydroxyl groups excluding tert-OH is 2. The van der Waals surface area contributed by atoms with E-state index in [4.69, 9.17) is 9.84 Å². The molecular weight excluding hydrogens is 168 g/mol. The first kappa shape index (κ1) is 10.4. The lowest BCUT2D eigenvalue weighted by atomic mass is 9.91. The molecule has 2 N–H and O–H groups in total. The van der Waals surface area contributed by atoms with E-state index in [1.165, 1.54) is 0 Å². The summed E-state index contributed by atoms with van der Waals surface area (Å²) in [6, 6.07) is 0. The molecule has 0 aromatic heterocycles. The van der Waals surface area contributed by atoms with Gasteiger partial charge in [-0.15, -0.1) is 0 Å². The minimum atomic E-state index is -0.497. The molecule has 0 spiro atoms. The SMILES string of the molecule is COC1CC(/C=C/CO)C=CC1O. The maximum Gasteiger partial charge on any atom is 0.0983 e. The molecule has 0 aromatic carbocycles. The molecule has 74 valence electrons. The van der Waals surface area contributed by atoms with Gasteiger partial charge in [0.15, 0.2) is 0 Å². The Balaban J connectivity index is 2.52. The Kier molecular flexibility index (Phi) is 4.15. The Morgan fingerprint density at radius 3 is 2.92 bits per heavy atom. The van der Waals surface area contributed by atoms with Gasteiger partial charge in [-0.2, -0.15) is 0 Å². The van der Waals surface area contributed by atoms with E-state index < -0.39 is 6.10 Å². The average Bonchev–Trinajstić information content (AvgIpc) is 2.16. The lowest BCUT2D eigenvalue weighted by molar-refractivity contribution is -0.00176. The standard InChI is InChI=1S/C10H16O3/c1-13-10-7-8(3-2-6-11)4-5-9(10)12/h2-5,8-12H,6-7H2,1H3/b3-2+. The second kappa shape index (κ2) is 5.17. The number of methoxy groups -OCH3 is 1. The first-order valence-corrected chi connectivity index (χ1v) is 4.44. The summed E-state index contributed by atoms with van der Waals surface area (Å²) in [7, 11) is 1.60. The van der Waals surface area contributed by atoms with Crippen molar-refractivity contribution in [3.63, 3.8) is 0 Å². The third-order valence-electron chi connectivity index (χ3n) is 2.23. The molecule has 1 rings (SSSR count). The van der Waals surface area contributed by atoms with Gasteiger partial charge in [0.1, 0.15) is 0 Å². The number of hydrogen-bond acceptors (Lipinski definition) is 3. The van der Waals surface area contributed by atoms with Gasteiger partial charge in [-0.1, -0.05) is 24.3 Å². The maximum absolute atomic E-state index is 9.43. The van der Waals surface area contributed by atoms with Gasteiger partial charge < -0.3 is 14.9 Å². The summed E-state index contributed by atoms with van der Waals surface area (Å²) in [5, 5.41) is 18.0. The molecule has 0 heterocycles. The number of hydrogen-bond donors (Lipinski definition) is 2. The van der Waals surface area contributed by atoms with Gasteiger partial charge in [0.05, 0.1) is 18.8 Å². The van der Waals surface area contributed by atoms with Crippen molar-refractivity contribution in [2.45, 2.75) is 18.6 Å². The highest BCUT2D eigenvalue weighted by Crippen LogP contribution is 2.21. The van der Waals surface area contributed by atoms with Crippen LogP contribution in [-0.2, 0) is 4.74 Å². The Morgan fingerprint density at radius 2 is 2.31 bits per heavy atom. The van der Waals surface area contributed by atoms with Gasteiger partial charge in [0, 0.05) is 7.11 Å². The molecule has 1 aliphatic carbocycles. The molecule has 3 unspecified atom stereocenters. The molecule has 0 radical (unpaired) electrons. The number of rotatable bonds is 3. The van der Waals surface area contributed by atoms with Crippen LogP contribution in [0.15, 0.2) is 24.3 Å². The van der Waals surface area contributed by atoms with Crippen LogP contribution in [0, 0.1) is 5.92 Å². The van der Waals surface area contributed by atoms with Crippen molar-refractivity contribution in [2.24, 2.45) is 5.92 Å². The smallest absolute Gasteiger partial charge is 0.0983 e. The fourth-order valence-electron chi connectivity index (χ4n) is 1.48. The zero-order valence-electron chi connectivity index (χ0n) is 7.76. The lowest BCUT2D eigenvalue weighted by Crippen LogP contribution is -2.31. The van der Waals surface area contributed by atoms with Crippen LogP contribution in [0.5, 0.6) is 0 Å². The molecule has 0 saturated heterocycles. The van der Waals surface area contributed by atoms with Gasteiger partial charge in [-0.25, -0.2) is 0 Å². The van der Waals surface area contributed by atoms with Crippen LogP contribution in [0.4, 0.5) is 0 Å². The fourth-order valence-corrected chi connectivity index (χ4v) is 1.48. The summed E-state index contributed by atoms with van der Waals surface area (Å²) in [5.74, 6) is 0.264. The summed E-state index contributed by atoms with van der Waals surface area (Å²) in [6.45, 7) is 0.0601. The highest BCUT2D eigenvalue weighted by molar-refractivity contribution is 5.09. The monoisotopic (exact) mass is 184 g/mol. The van der Waals surface area contributed by atoms with E-state index in [0.717, 1.165) is 6.42 Å².